The molecule has 52 valence electrons. The minimum Gasteiger partial charge on any atom is -0.328 e. The molecule has 0 spiro atoms. The second-order valence-electron chi connectivity index (χ2n) is 1.63. The molecular weight excluding hydrogens is 135 g/mol. The van der Waals surface area contributed by atoms with Crippen molar-refractivity contribution in [1.29, 1.82) is 0 Å². The van der Waals surface area contributed by atoms with Crippen LogP contribution in [0.1, 0.15) is 0 Å². The number of carbonyl (C=O) groups is 1. The highest BCUT2D eigenvalue weighted by atomic mass is 19.1. The summed E-state index contributed by atoms with van der Waals surface area (Å²) >= 11 is 0. The van der Waals surface area contributed by atoms with Crippen LogP contribution in [0.3, 0.4) is 0 Å². The summed E-state index contributed by atoms with van der Waals surface area (Å²) in [6, 6.07) is 2.63. The molecular formula is C6H5FN2O. The lowest BCUT2D eigenvalue weighted by Crippen LogP contribution is -1.94. The number of pyridine rings is 1. The van der Waals surface area contributed by atoms with Gasteiger partial charge >= 0.3 is 0 Å². The topological polar surface area (TPSA) is 42.0 Å². The Bertz CT molecular complexity index is 239. The lowest BCUT2D eigenvalue weighted by atomic mass is 10.4. The highest BCUT2D eigenvalue weighted by molar-refractivity contribution is 5.70. The number of nitrogens with one attached hydrogen (secondary N) is 1. The summed E-state index contributed by atoms with van der Waals surface area (Å²) in [5.74, 6) is -0.605. The van der Waals surface area contributed by atoms with Crippen molar-refractivity contribution in [2.45, 2.75) is 0 Å². The van der Waals surface area contributed by atoms with Crippen LogP contribution in [0.15, 0.2) is 18.3 Å². The smallest absolute Gasteiger partial charge is 0.214 e. The largest absolute Gasteiger partial charge is 0.328 e. The van der Waals surface area contributed by atoms with Gasteiger partial charge in [-0.15, -0.1) is 0 Å². The van der Waals surface area contributed by atoms with Crippen LogP contribution in [-0.2, 0) is 4.79 Å². The Balaban J connectivity index is 2.84. The van der Waals surface area contributed by atoms with Gasteiger partial charge in [0.1, 0.15) is 0 Å². The highest BCUT2D eigenvalue weighted by Crippen LogP contribution is 2.04. The summed E-state index contributed by atoms with van der Waals surface area (Å²) < 4.78 is 12.2. The molecule has 0 aromatic carbocycles. The summed E-state index contributed by atoms with van der Waals surface area (Å²) in [5.41, 5.74) is 0.405. The van der Waals surface area contributed by atoms with Gasteiger partial charge in [0.05, 0.1) is 0 Å². The average molecular weight is 140 g/mol. The quantitative estimate of drug-likeness (QED) is 0.487. The molecule has 0 aliphatic rings. The van der Waals surface area contributed by atoms with E-state index in [0.717, 1.165) is 6.07 Å². The van der Waals surface area contributed by atoms with Crippen molar-refractivity contribution in [2.75, 3.05) is 5.32 Å². The molecule has 1 aromatic rings. The van der Waals surface area contributed by atoms with Gasteiger partial charge < -0.3 is 5.32 Å². The van der Waals surface area contributed by atoms with E-state index in [2.05, 4.69) is 10.3 Å². The van der Waals surface area contributed by atoms with Gasteiger partial charge in [-0.05, 0) is 6.07 Å². The van der Waals surface area contributed by atoms with Gasteiger partial charge in [0, 0.05) is 18.0 Å². The van der Waals surface area contributed by atoms with E-state index in [-0.39, 0.29) is 0 Å². The SMILES string of the molecule is O=CNc1ccnc(F)c1. The van der Waals surface area contributed by atoms with Crippen molar-refractivity contribution < 1.29 is 9.18 Å². The Morgan fingerprint density at radius 3 is 3.10 bits per heavy atom. The van der Waals surface area contributed by atoms with Gasteiger partial charge in [0.15, 0.2) is 0 Å². The monoisotopic (exact) mass is 140 g/mol. The van der Waals surface area contributed by atoms with Gasteiger partial charge in [-0.25, -0.2) is 4.98 Å². The molecule has 0 unspecified atom stereocenters. The number of halogens is 1. The number of hydrogen-bond donors (Lipinski definition) is 1. The Morgan fingerprint density at radius 2 is 2.50 bits per heavy atom. The zero-order valence-corrected chi connectivity index (χ0v) is 5.04. The highest BCUT2D eigenvalue weighted by Gasteiger charge is 1.91. The first-order chi connectivity index (χ1) is 4.83. The molecule has 3 nitrogen and oxygen atoms in total. The molecule has 0 atom stereocenters. The summed E-state index contributed by atoms with van der Waals surface area (Å²) in [6.07, 6.45) is 1.76. The fraction of sp³-hybridized carbons (Fsp3) is 0. The van der Waals surface area contributed by atoms with Crippen molar-refractivity contribution in [2.24, 2.45) is 0 Å². The van der Waals surface area contributed by atoms with Gasteiger partial charge in [-0.3, -0.25) is 4.79 Å². The van der Waals surface area contributed by atoms with E-state index in [4.69, 9.17) is 0 Å². The molecule has 0 bridgehead atoms. The second kappa shape index (κ2) is 2.91. The number of rotatable bonds is 2. The molecule has 1 rings (SSSR count). The van der Waals surface area contributed by atoms with Crippen LogP contribution in [0.25, 0.3) is 0 Å². The first-order valence-corrected chi connectivity index (χ1v) is 2.64. The van der Waals surface area contributed by atoms with Crippen LogP contribution in [-0.4, -0.2) is 11.4 Å². The lowest BCUT2D eigenvalue weighted by molar-refractivity contribution is -0.105. The second-order valence-corrected chi connectivity index (χ2v) is 1.63. The number of carbonyl (C=O) groups excluding carboxylic acids is 1. The van der Waals surface area contributed by atoms with E-state index < -0.39 is 5.95 Å². The molecule has 10 heavy (non-hydrogen) atoms. The van der Waals surface area contributed by atoms with Crippen LogP contribution < -0.4 is 5.32 Å². The third-order valence-corrected chi connectivity index (χ3v) is 0.952. The van der Waals surface area contributed by atoms with E-state index in [1.54, 1.807) is 0 Å². The normalized spacial score (nSPS) is 8.90. The van der Waals surface area contributed by atoms with Crippen LogP contribution in [0.5, 0.6) is 0 Å². The van der Waals surface area contributed by atoms with Crippen molar-refractivity contribution >= 4 is 12.1 Å². The minimum atomic E-state index is -0.605. The fourth-order valence-electron chi connectivity index (χ4n) is 0.560. The van der Waals surface area contributed by atoms with Crippen LogP contribution in [0, 0.1) is 5.95 Å². The van der Waals surface area contributed by atoms with Crippen LogP contribution in [0.2, 0.25) is 0 Å². The van der Waals surface area contributed by atoms with Gasteiger partial charge in [0.25, 0.3) is 0 Å². The van der Waals surface area contributed by atoms with E-state index in [9.17, 15) is 9.18 Å². The summed E-state index contributed by atoms with van der Waals surface area (Å²) in [6.45, 7) is 0. The molecule has 0 aliphatic heterocycles. The number of nitrogens with zero attached hydrogens (tertiary/aromatic N) is 1. The van der Waals surface area contributed by atoms with Crippen molar-refractivity contribution in [3.63, 3.8) is 0 Å². The van der Waals surface area contributed by atoms with Crippen molar-refractivity contribution in [3.8, 4) is 0 Å². The van der Waals surface area contributed by atoms with E-state index in [0.29, 0.717) is 12.1 Å². The first-order valence-electron chi connectivity index (χ1n) is 2.64. The molecule has 1 N–H and O–H groups in total. The number of anilines is 1. The summed E-state index contributed by atoms with van der Waals surface area (Å²) in [4.78, 5) is 13.1. The zero-order valence-electron chi connectivity index (χ0n) is 5.04. The van der Waals surface area contributed by atoms with Gasteiger partial charge in [-0.1, -0.05) is 0 Å². The minimum absolute atomic E-state index is 0.405. The predicted molar refractivity (Wildman–Crippen MR) is 33.9 cm³/mol. The molecule has 0 saturated carbocycles. The maximum absolute atomic E-state index is 12.2. The van der Waals surface area contributed by atoms with Crippen molar-refractivity contribution in [1.82, 2.24) is 4.98 Å². The Kier molecular flexibility index (Phi) is 1.94. The Hall–Kier alpha value is -1.45. The number of aromatic nitrogens is 1. The zero-order chi connectivity index (χ0) is 7.40. The number of hydrogen-bond acceptors (Lipinski definition) is 2. The van der Waals surface area contributed by atoms with E-state index in [1.807, 2.05) is 0 Å². The van der Waals surface area contributed by atoms with E-state index >= 15 is 0 Å². The molecule has 1 heterocycles. The van der Waals surface area contributed by atoms with Gasteiger partial charge in [-0.2, -0.15) is 4.39 Å². The van der Waals surface area contributed by atoms with Gasteiger partial charge in [0.2, 0.25) is 12.4 Å². The fourth-order valence-corrected chi connectivity index (χ4v) is 0.560. The Labute approximate surface area is 56.9 Å². The maximum atomic E-state index is 12.2. The van der Waals surface area contributed by atoms with E-state index in [1.165, 1.54) is 12.3 Å². The predicted octanol–water partition coefficient (Wildman–Crippen LogP) is 0.789. The molecule has 1 aromatic heterocycles. The lowest BCUT2D eigenvalue weighted by Gasteiger charge is -1.94. The number of amides is 1. The molecule has 1 amide bonds. The molecule has 0 radical (unpaired) electrons. The van der Waals surface area contributed by atoms with Crippen molar-refractivity contribution in [3.05, 3.63) is 24.3 Å². The maximum Gasteiger partial charge on any atom is 0.214 e. The average Bonchev–Trinajstić information content (AvgIpc) is 1.88. The first kappa shape index (κ1) is 6.67. The molecule has 0 saturated heterocycles. The third kappa shape index (κ3) is 1.51. The third-order valence-electron chi connectivity index (χ3n) is 0.952. The van der Waals surface area contributed by atoms with Crippen LogP contribution in [0.4, 0.5) is 10.1 Å². The Morgan fingerprint density at radius 1 is 1.70 bits per heavy atom. The molecule has 0 fully saturated rings. The molecule has 0 aliphatic carbocycles. The summed E-state index contributed by atoms with van der Waals surface area (Å²) in [5, 5.41) is 2.29. The molecule has 4 heteroatoms. The summed E-state index contributed by atoms with van der Waals surface area (Å²) in [7, 11) is 0. The van der Waals surface area contributed by atoms with Crippen LogP contribution >= 0.6 is 0 Å². The standard InChI is InChI=1S/C6H5FN2O/c7-6-3-5(9-4-10)1-2-8-6/h1-4H,(H,8,9,10).